The number of aromatic carboxylic acids is 1. The molecule has 0 radical (unpaired) electrons. The molecule has 0 heterocycles. The fourth-order valence-electron chi connectivity index (χ4n) is 1.74. The summed E-state index contributed by atoms with van der Waals surface area (Å²) in [6.07, 6.45) is -2.65. The summed E-state index contributed by atoms with van der Waals surface area (Å²) >= 11 is 0. The summed E-state index contributed by atoms with van der Waals surface area (Å²) in [5.74, 6) is -1.51. The number of carbonyl (C=O) groups is 3. The Morgan fingerprint density at radius 1 is 0.926 bits per heavy atom. The molecule has 0 bridgehead atoms. The van der Waals surface area contributed by atoms with Crippen molar-refractivity contribution in [1.29, 1.82) is 0 Å². The van der Waals surface area contributed by atoms with Crippen LogP contribution in [0.5, 0.6) is 0 Å². The lowest BCUT2D eigenvalue weighted by molar-refractivity contribution is -0.0790. The van der Waals surface area contributed by atoms with Crippen molar-refractivity contribution in [3.05, 3.63) is 76.9 Å². The Balaban J connectivity index is 0.000000277. The van der Waals surface area contributed by atoms with E-state index in [4.69, 9.17) is 5.11 Å². The number of allylic oxidation sites excluding steroid dienone is 1. The average Bonchev–Trinajstić information content (AvgIpc) is 2.66. The van der Waals surface area contributed by atoms with Crippen LogP contribution in [-0.4, -0.2) is 36.6 Å². The minimum absolute atomic E-state index is 0.0409. The van der Waals surface area contributed by atoms with Gasteiger partial charge in [-0.05, 0) is 29.8 Å². The Kier molecular flexibility index (Phi) is 7.93. The van der Waals surface area contributed by atoms with Gasteiger partial charge in [-0.2, -0.15) is 13.2 Å². The van der Waals surface area contributed by atoms with Crippen LogP contribution in [0.15, 0.2) is 54.6 Å². The molecule has 0 atom stereocenters. The first-order valence-electron chi connectivity index (χ1n) is 7.39. The molecule has 0 aliphatic rings. The van der Waals surface area contributed by atoms with Gasteiger partial charge >= 0.3 is 18.1 Å². The number of methoxy groups -OCH3 is 1. The van der Waals surface area contributed by atoms with Crippen molar-refractivity contribution >= 4 is 24.3 Å². The lowest BCUT2D eigenvalue weighted by atomic mass is 10.1. The number of hydrogen-bond donors (Lipinski definition) is 1. The molecule has 2 aromatic carbocycles. The Morgan fingerprint density at radius 2 is 1.41 bits per heavy atom. The van der Waals surface area contributed by atoms with Crippen molar-refractivity contribution in [2.24, 2.45) is 0 Å². The minimum atomic E-state index is -4.36. The summed E-state index contributed by atoms with van der Waals surface area (Å²) in [7, 11) is 1.32. The molecule has 0 aliphatic carbocycles. The molecule has 0 spiro atoms. The van der Waals surface area contributed by atoms with Crippen molar-refractivity contribution in [3.63, 3.8) is 0 Å². The third-order valence-electron chi connectivity index (χ3n) is 3.09. The van der Waals surface area contributed by atoms with Crippen molar-refractivity contribution in [2.45, 2.75) is 6.18 Å². The lowest BCUT2D eigenvalue weighted by Gasteiger charge is -1.98. The molecule has 0 fully saturated rings. The zero-order valence-corrected chi connectivity index (χ0v) is 14.1. The van der Waals surface area contributed by atoms with Crippen LogP contribution in [0.25, 0.3) is 6.08 Å². The van der Waals surface area contributed by atoms with Gasteiger partial charge in [0.2, 0.25) is 0 Å². The fraction of sp³-hybridized carbons (Fsp3) is 0.105. The Morgan fingerprint density at radius 3 is 1.81 bits per heavy atom. The number of hydrogen-bond acceptors (Lipinski definition) is 4. The van der Waals surface area contributed by atoms with Crippen molar-refractivity contribution in [3.8, 4) is 0 Å². The SMILES string of the molecule is COC(=O)c1ccc(C=O)cc1.O=C(O)c1ccc(/C=C/C(F)(F)F)cc1. The summed E-state index contributed by atoms with van der Waals surface area (Å²) in [5, 5.41) is 8.54. The van der Waals surface area contributed by atoms with Crippen LogP contribution in [0.2, 0.25) is 0 Å². The van der Waals surface area contributed by atoms with Gasteiger partial charge in [-0.15, -0.1) is 0 Å². The summed E-state index contributed by atoms with van der Waals surface area (Å²) in [6.45, 7) is 0. The van der Waals surface area contributed by atoms with Crippen molar-refractivity contribution < 1.29 is 37.4 Å². The van der Waals surface area contributed by atoms with Crippen LogP contribution in [0.4, 0.5) is 13.2 Å². The molecule has 0 aromatic heterocycles. The number of benzene rings is 2. The molecular formula is C19H15F3O5. The molecule has 1 N–H and O–H groups in total. The van der Waals surface area contributed by atoms with E-state index in [1.807, 2.05) is 0 Å². The molecule has 0 saturated heterocycles. The molecule has 8 heteroatoms. The van der Waals surface area contributed by atoms with Gasteiger partial charge in [0.1, 0.15) is 6.29 Å². The number of carboxylic acid groups (broad SMARTS) is 1. The highest BCUT2D eigenvalue weighted by Gasteiger charge is 2.21. The molecule has 0 amide bonds. The first-order valence-corrected chi connectivity index (χ1v) is 7.39. The second-order valence-electron chi connectivity index (χ2n) is 5.03. The Bertz CT molecular complexity index is 807. The smallest absolute Gasteiger partial charge is 0.409 e. The van der Waals surface area contributed by atoms with E-state index in [-0.39, 0.29) is 11.6 Å². The number of aldehydes is 1. The van der Waals surface area contributed by atoms with Gasteiger partial charge in [0.05, 0.1) is 18.2 Å². The van der Waals surface area contributed by atoms with Crippen LogP contribution in [0, 0.1) is 0 Å². The maximum Gasteiger partial charge on any atom is 0.409 e. The maximum atomic E-state index is 11.8. The van der Waals surface area contributed by atoms with Gasteiger partial charge < -0.3 is 9.84 Å². The third-order valence-corrected chi connectivity index (χ3v) is 3.09. The van der Waals surface area contributed by atoms with Crippen LogP contribution >= 0.6 is 0 Å². The third kappa shape index (κ3) is 8.00. The Labute approximate surface area is 152 Å². The highest BCUT2D eigenvalue weighted by Crippen LogP contribution is 2.18. The number of carbonyl (C=O) groups excluding carboxylic acids is 2. The predicted molar refractivity (Wildman–Crippen MR) is 91.7 cm³/mol. The normalized spacial score (nSPS) is 10.7. The first-order chi connectivity index (χ1) is 12.7. The number of alkyl halides is 3. The van der Waals surface area contributed by atoms with Gasteiger partial charge in [-0.3, -0.25) is 4.79 Å². The summed E-state index contributed by atoms with van der Waals surface area (Å²) in [4.78, 5) is 31.6. The molecule has 142 valence electrons. The molecule has 5 nitrogen and oxygen atoms in total. The summed E-state index contributed by atoms with van der Waals surface area (Å²) in [6, 6.07) is 11.4. The van der Waals surface area contributed by atoms with Gasteiger partial charge in [0.25, 0.3) is 0 Å². The average molecular weight is 380 g/mol. The van der Waals surface area contributed by atoms with Crippen LogP contribution < -0.4 is 0 Å². The standard InChI is InChI=1S/C10H7F3O2.C9H8O3/c11-10(12,13)6-5-7-1-3-8(4-2-7)9(14)15;1-12-9(11)8-4-2-7(6-10)3-5-8/h1-6H,(H,14,15);2-6H,1H3/b6-5+;. The van der Waals surface area contributed by atoms with E-state index in [0.29, 0.717) is 16.7 Å². The quantitative estimate of drug-likeness (QED) is 0.634. The number of halogens is 3. The molecular weight excluding hydrogens is 365 g/mol. The lowest BCUT2D eigenvalue weighted by Crippen LogP contribution is -2.00. The minimum Gasteiger partial charge on any atom is -0.478 e. The first kappa shape index (κ1) is 21.6. The van der Waals surface area contributed by atoms with Crippen molar-refractivity contribution in [1.82, 2.24) is 0 Å². The van der Waals surface area contributed by atoms with Gasteiger partial charge in [-0.1, -0.05) is 30.3 Å². The van der Waals surface area contributed by atoms with E-state index in [2.05, 4.69) is 4.74 Å². The maximum absolute atomic E-state index is 11.8. The van der Waals surface area contributed by atoms with E-state index in [1.54, 1.807) is 24.3 Å². The topological polar surface area (TPSA) is 80.7 Å². The monoisotopic (exact) mass is 380 g/mol. The second kappa shape index (κ2) is 9.91. The zero-order valence-electron chi connectivity index (χ0n) is 14.1. The Hall–Kier alpha value is -3.42. The molecule has 0 unspecified atom stereocenters. The fourth-order valence-corrected chi connectivity index (χ4v) is 1.74. The summed E-state index contributed by atoms with van der Waals surface area (Å²) < 4.78 is 39.8. The van der Waals surface area contributed by atoms with Gasteiger partial charge in [0, 0.05) is 11.6 Å². The van der Waals surface area contributed by atoms with E-state index in [9.17, 15) is 27.6 Å². The number of rotatable bonds is 4. The largest absolute Gasteiger partial charge is 0.478 e. The van der Waals surface area contributed by atoms with E-state index < -0.39 is 18.1 Å². The van der Waals surface area contributed by atoms with Gasteiger partial charge in [0.15, 0.2) is 0 Å². The number of esters is 1. The zero-order chi connectivity index (χ0) is 20.4. The van der Waals surface area contributed by atoms with E-state index >= 15 is 0 Å². The molecule has 2 aromatic rings. The molecule has 0 aliphatic heterocycles. The molecule has 2 rings (SSSR count). The van der Waals surface area contributed by atoms with Crippen molar-refractivity contribution in [2.75, 3.05) is 7.11 Å². The van der Waals surface area contributed by atoms with Crippen LogP contribution in [0.1, 0.15) is 36.6 Å². The number of ether oxygens (including phenoxy) is 1. The number of carboxylic acids is 1. The highest BCUT2D eigenvalue weighted by atomic mass is 19.4. The van der Waals surface area contributed by atoms with Crippen LogP contribution in [0.3, 0.4) is 0 Å². The predicted octanol–water partition coefficient (Wildman–Crippen LogP) is 4.25. The van der Waals surface area contributed by atoms with Gasteiger partial charge in [-0.25, -0.2) is 9.59 Å². The second-order valence-corrected chi connectivity index (χ2v) is 5.03. The van der Waals surface area contributed by atoms with E-state index in [1.165, 1.54) is 31.4 Å². The highest BCUT2D eigenvalue weighted by molar-refractivity contribution is 5.90. The van der Waals surface area contributed by atoms with E-state index in [0.717, 1.165) is 12.4 Å². The molecule has 27 heavy (non-hydrogen) atoms. The van der Waals surface area contributed by atoms with Crippen LogP contribution in [-0.2, 0) is 4.74 Å². The summed E-state index contributed by atoms with van der Waals surface area (Å²) in [5.41, 5.74) is 1.34. The molecule has 0 saturated carbocycles.